The van der Waals surface area contributed by atoms with Crippen molar-refractivity contribution >= 4 is 46.2 Å². The Balaban J connectivity index is 2.23. The number of thiocarbonyl (C=S) groups is 1. The molecule has 20 heavy (non-hydrogen) atoms. The van der Waals surface area contributed by atoms with Crippen molar-refractivity contribution in [3.63, 3.8) is 0 Å². The fourth-order valence-electron chi connectivity index (χ4n) is 1.53. The summed E-state index contributed by atoms with van der Waals surface area (Å²) in [6, 6.07) is 8.84. The summed E-state index contributed by atoms with van der Waals surface area (Å²) in [5.74, 6) is -0.722. The molecule has 1 aliphatic heterocycles. The number of hydrazine groups is 1. The Morgan fingerprint density at radius 2 is 2.10 bits per heavy atom. The lowest BCUT2D eigenvalue weighted by Crippen LogP contribution is -2.43. The first kappa shape index (κ1) is 14.2. The van der Waals surface area contributed by atoms with E-state index < -0.39 is 0 Å². The average molecular weight is 303 g/mol. The molecule has 5 nitrogen and oxygen atoms in total. The first-order valence-corrected chi connectivity index (χ1v) is 6.79. The first-order chi connectivity index (χ1) is 9.51. The number of thioether (sulfide) groups is 1. The minimum absolute atomic E-state index is 0.282. The van der Waals surface area contributed by atoms with Gasteiger partial charge >= 0.3 is 0 Å². The van der Waals surface area contributed by atoms with E-state index in [2.05, 4.69) is 5.43 Å². The fourth-order valence-corrected chi connectivity index (χ4v) is 2.71. The monoisotopic (exact) mass is 303 g/mol. The van der Waals surface area contributed by atoms with Crippen LogP contribution in [0.2, 0.25) is 0 Å². The van der Waals surface area contributed by atoms with E-state index in [0.717, 1.165) is 22.3 Å². The van der Waals surface area contributed by atoms with Gasteiger partial charge in [-0.05, 0) is 36.0 Å². The molecular weight excluding hydrogens is 294 g/mol. The predicted octanol–water partition coefficient (Wildman–Crippen LogP) is 1.81. The van der Waals surface area contributed by atoms with E-state index in [1.807, 2.05) is 6.07 Å². The molecule has 1 aliphatic rings. The van der Waals surface area contributed by atoms with Crippen molar-refractivity contribution in [1.82, 2.24) is 10.4 Å². The van der Waals surface area contributed by atoms with Crippen LogP contribution in [0.4, 0.5) is 0 Å². The summed E-state index contributed by atoms with van der Waals surface area (Å²) < 4.78 is 0.282. The maximum atomic E-state index is 12.1. The highest BCUT2D eigenvalue weighted by molar-refractivity contribution is 8.26. The van der Waals surface area contributed by atoms with Crippen molar-refractivity contribution < 1.29 is 9.59 Å². The maximum Gasteiger partial charge on any atom is 0.285 e. The van der Waals surface area contributed by atoms with E-state index in [9.17, 15) is 9.59 Å². The molecule has 0 aromatic heterocycles. The Morgan fingerprint density at radius 1 is 1.45 bits per heavy atom. The highest BCUT2D eigenvalue weighted by Crippen LogP contribution is 2.31. The third kappa shape index (κ3) is 3.04. The summed E-state index contributed by atoms with van der Waals surface area (Å²) in [4.78, 5) is 23.5. The highest BCUT2D eigenvalue weighted by Gasteiger charge is 2.32. The summed E-state index contributed by atoms with van der Waals surface area (Å²) in [6.07, 6.45) is 1.67. The lowest BCUT2D eigenvalue weighted by molar-refractivity contribution is -0.131. The molecule has 100 valence electrons. The summed E-state index contributed by atoms with van der Waals surface area (Å²) in [5, 5.41) is 9.77. The molecule has 0 saturated carbocycles. The molecule has 7 heteroatoms. The minimum Gasteiger partial charge on any atom is -0.274 e. The molecule has 0 bridgehead atoms. The second kappa shape index (κ2) is 5.86. The van der Waals surface area contributed by atoms with Gasteiger partial charge in [0.25, 0.3) is 5.91 Å². The number of benzene rings is 1. The number of amides is 2. The summed E-state index contributed by atoms with van der Waals surface area (Å²) in [5.41, 5.74) is 3.71. The van der Waals surface area contributed by atoms with Crippen LogP contribution in [-0.4, -0.2) is 21.1 Å². The van der Waals surface area contributed by atoms with Gasteiger partial charge in [0.15, 0.2) is 4.32 Å². The van der Waals surface area contributed by atoms with Gasteiger partial charge in [0.2, 0.25) is 5.91 Å². The van der Waals surface area contributed by atoms with Gasteiger partial charge in [-0.1, -0.05) is 23.9 Å². The van der Waals surface area contributed by atoms with E-state index in [-0.39, 0.29) is 16.1 Å². The number of hydrogen-bond acceptors (Lipinski definition) is 5. The van der Waals surface area contributed by atoms with Gasteiger partial charge in [-0.2, -0.15) is 10.3 Å². The number of nitriles is 1. The smallest absolute Gasteiger partial charge is 0.274 e. The molecule has 1 aromatic carbocycles. The number of nitrogens with zero attached hydrogens (tertiary/aromatic N) is 2. The van der Waals surface area contributed by atoms with Crippen molar-refractivity contribution in [2.24, 2.45) is 0 Å². The number of nitrogens with one attached hydrogen (secondary N) is 1. The van der Waals surface area contributed by atoms with Gasteiger partial charge < -0.3 is 0 Å². The van der Waals surface area contributed by atoms with E-state index >= 15 is 0 Å². The quantitative estimate of drug-likeness (QED) is 0.666. The highest BCUT2D eigenvalue weighted by atomic mass is 32.2. The van der Waals surface area contributed by atoms with Gasteiger partial charge in [0.1, 0.15) is 0 Å². The zero-order valence-electron chi connectivity index (χ0n) is 10.4. The zero-order valence-corrected chi connectivity index (χ0v) is 12.0. The van der Waals surface area contributed by atoms with Crippen LogP contribution in [0.1, 0.15) is 18.1 Å². The molecule has 2 amide bonds. The molecule has 1 fully saturated rings. The normalized spacial score (nSPS) is 16.4. The Morgan fingerprint density at radius 3 is 2.65 bits per heavy atom. The van der Waals surface area contributed by atoms with E-state index in [4.69, 9.17) is 17.5 Å². The van der Waals surface area contributed by atoms with Crippen LogP contribution in [0.15, 0.2) is 29.2 Å². The Kier molecular flexibility index (Phi) is 4.17. The molecule has 0 atom stereocenters. The average Bonchev–Trinajstić information content (AvgIpc) is 2.67. The van der Waals surface area contributed by atoms with Crippen LogP contribution in [0.5, 0.6) is 0 Å². The van der Waals surface area contributed by atoms with Crippen molar-refractivity contribution in [2.45, 2.75) is 6.92 Å². The first-order valence-electron chi connectivity index (χ1n) is 5.56. The largest absolute Gasteiger partial charge is 0.285 e. The Bertz CT molecular complexity index is 659. The maximum absolute atomic E-state index is 12.1. The van der Waals surface area contributed by atoms with E-state index in [1.54, 1.807) is 30.3 Å². The second-order valence-corrected chi connectivity index (χ2v) is 5.59. The van der Waals surface area contributed by atoms with Crippen LogP contribution in [0, 0.1) is 11.3 Å². The van der Waals surface area contributed by atoms with Crippen molar-refractivity contribution in [2.75, 3.05) is 0 Å². The summed E-state index contributed by atoms with van der Waals surface area (Å²) in [6.45, 7) is 1.31. The molecule has 2 rings (SSSR count). The van der Waals surface area contributed by atoms with Crippen LogP contribution < -0.4 is 5.43 Å². The van der Waals surface area contributed by atoms with Gasteiger partial charge in [-0.25, -0.2) is 0 Å². The SMILES string of the molecule is CC(=O)NN1C(=O)C(=Cc2ccc(C#N)cc2)SC1=S. The van der Waals surface area contributed by atoms with Gasteiger partial charge in [-0.3, -0.25) is 15.0 Å². The molecule has 0 unspecified atom stereocenters. The summed E-state index contributed by atoms with van der Waals surface area (Å²) >= 11 is 6.16. The number of carbonyl (C=O) groups excluding carboxylic acids is 2. The van der Waals surface area contributed by atoms with E-state index in [1.165, 1.54) is 6.92 Å². The van der Waals surface area contributed by atoms with Gasteiger partial charge in [0.05, 0.1) is 16.5 Å². The lowest BCUT2D eigenvalue weighted by atomic mass is 10.1. The molecule has 1 saturated heterocycles. The van der Waals surface area contributed by atoms with Crippen molar-refractivity contribution in [3.05, 3.63) is 40.3 Å². The summed E-state index contributed by atoms with van der Waals surface area (Å²) in [7, 11) is 0. The third-order valence-corrected chi connectivity index (χ3v) is 3.70. The molecule has 1 aromatic rings. The minimum atomic E-state index is -0.362. The Labute approximate surface area is 125 Å². The molecule has 0 radical (unpaired) electrons. The lowest BCUT2D eigenvalue weighted by Gasteiger charge is -2.13. The fraction of sp³-hybridized carbons (Fsp3) is 0.0769. The Hall–Kier alpha value is -2.17. The van der Waals surface area contributed by atoms with Crippen molar-refractivity contribution in [3.8, 4) is 6.07 Å². The number of rotatable bonds is 2. The van der Waals surface area contributed by atoms with Crippen LogP contribution in [-0.2, 0) is 9.59 Å². The topological polar surface area (TPSA) is 73.2 Å². The predicted molar refractivity (Wildman–Crippen MR) is 80.0 cm³/mol. The zero-order chi connectivity index (χ0) is 14.7. The molecule has 0 spiro atoms. The third-order valence-electron chi connectivity index (χ3n) is 2.40. The van der Waals surface area contributed by atoms with Gasteiger partial charge in [-0.15, -0.1) is 0 Å². The second-order valence-electron chi connectivity index (χ2n) is 3.92. The van der Waals surface area contributed by atoms with Crippen LogP contribution in [0.3, 0.4) is 0 Å². The number of carbonyl (C=O) groups is 2. The number of hydrogen-bond donors (Lipinski definition) is 1. The molecule has 1 heterocycles. The van der Waals surface area contributed by atoms with Gasteiger partial charge in [0, 0.05) is 6.92 Å². The molecule has 0 aliphatic carbocycles. The standard InChI is InChI=1S/C13H9N3O2S2/c1-8(17)15-16-12(18)11(20-13(16)19)6-9-2-4-10(7-14)5-3-9/h2-6H,1H3,(H,15,17). The van der Waals surface area contributed by atoms with E-state index in [0.29, 0.717) is 10.5 Å². The van der Waals surface area contributed by atoms with Crippen LogP contribution >= 0.6 is 24.0 Å². The molecule has 1 N–H and O–H groups in total. The molecular formula is C13H9N3O2S2. The van der Waals surface area contributed by atoms with Crippen molar-refractivity contribution in [1.29, 1.82) is 5.26 Å². The van der Waals surface area contributed by atoms with Crippen LogP contribution in [0.25, 0.3) is 6.08 Å².